The van der Waals surface area contributed by atoms with Crippen LogP contribution in [-0.4, -0.2) is 24.0 Å². The standard InChI is InChI=1S/C13H20NO/c1-2-12(11-13-7-6-10-15-13)14-8-4-3-5-9-14/h6-7,10,12H,1-5,8-9,11H2. The minimum absolute atomic E-state index is 0.566. The van der Waals surface area contributed by atoms with Crippen LogP contribution in [0.4, 0.5) is 0 Å². The Balaban J connectivity index is 1.91. The van der Waals surface area contributed by atoms with Crippen molar-refractivity contribution in [2.24, 2.45) is 0 Å². The third kappa shape index (κ3) is 2.85. The molecule has 0 saturated carbocycles. The number of hydrogen-bond acceptors (Lipinski definition) is 2. The molecule has 2 nitrogen and oxygen atoms in total. The van der Waals surface area contributed by atoms with Gasteiger partial charge < -0.3 is 4.42 Å². The Morgan fingerprint density at radius 1 is 1.33 bits per heavy atom. The van der Waals surface area contributed by atoms with E-state index in [9.17, 15) is 0 Å². The van der Waals surface area contributed by atoms with E-state index in [1.807, 2.05) is 6.07 Å². The van der Waals surface area contributed by atoms with Crippen LogP contribution in [0.2, 0.25) is 0 Å². The molecule has 83 valence electrons. The predicted molar refractivity (Wildman–Crippen MR) is 61.6 cm³/mol. The van der Waals surface area contributed by atoms with Gasteiger partial charge >= 0.3 is 0 Å². The van der Waals surface area contributed by atoms with Crippen molar-refractivity contribution in [3.63, 3.8) is 0 Å². The molecule has 1 fully saturated rings. The van der Waals surface area contributed by atoms with Gasteiger partial charge in [0.1, 0.15) is 5.76 Å². The van der Waals surface area contributed by atoms with Crippen molar-refractivity contribution in [3.8, 4) is 0 Å². The zero-order chi connectivity index (χ0) is 10.5. The molecule has 15 heavy (non-hydrogen) atoms. The van der Waals surface area contributed by atoms with E-state index in [-0.39, 0.29) is 0 Å². The SMILES string of the molecule is [CH2]CC(Cc1ccco1)N1CCCCC1. The van der Waals surface area contributed by atoms with Crippen LogP contribution in [0.5, 0.6) is 0 Å². The second-order valence-electron chi connectivity index (χ2n) is 4.32. The number of likely N-dealkylation sites (tertiary alicyclic amines) is 1. The van der Waals surface area contributed by atoms with Gasteiger partial charge in [0.25, 0.3) is 0 Å². The first-order chi connectivity index (χ1) is 7.40. The van der Waals surface area contributed by atoms with E-state index in [0.717, 1.165) is 18.6 Å². The fourth-order valence-electron chi connectivity index (χ4n) is 2.36. The van der Waals surface area contributed by atoms with Gasteiger partial charge in [0.05, 0.1) is 6.26 Å². The van der Waals surface area contributed by atoms with Gasteiger partial charge in [0.2, 0.25) is 0 Å². The number of rotatable bonds is 4. The lowest BCUT2D eigenvalue weighted by Crippen LogP contribution is -2.40. The molecule has 0 aliphatic carbocycles. The molecule has 0 amide bonds. The summed E-state index contributed by atoms with van der Waals surface area (Å²) < 4.78 is 5.40. The maximum absolute atomic E-state index is 5.40. The monoisotopic (exact) mass is 206 g/mol. The average molecular weight is 206 g/mol. The second kappa shape index (κ2) is 5.36. The zero-order valence-corrected chi connectivity index (χ0v) is 9.32. The van der Waals surface area contributed by atoms with Crippen LogP contribution in [0.1, 0.15) is 31.4 Å². The van der Waals surface area contributed by atoms with E-state index in [0.29, 0.717) is 6.04 Å². The van der Waals surface area contributed by atoms with Crippen LogP contribution in [0, 0.1) is 6.92 Å². The maximum atomic E-state index is 5.40. The fraction of sp³-hybridized carbons (Fsp3) is 0.615. The van der Waals surface area contributed by atoms with Gasteiger partial charge in [0.15, 0.2) is 0 Å². The summed E-state index contributed by atoms with van der Waals surface area (Å²) in [6.45, 7) is 6.53. The van der Waals surface area contributed by atoms with Gasteiger partial charge in [-0.3, -0.25) is 4.90 Å². The molecule has 0 aromatic carbocycles. The van der Waals surface area contributed by atoms with Crippen molar-refractivity contribution >= 4 is 0 Å². The van der Waals surface area contributed by atoms with Crippen LogP contribution >= 0.6 is 0 Å². The van der Waals surface area contributed by atoms with Crippen molar-refractivity contribution in [1.82, 2.24) is 4.90 Å². The van der Waals surface area contributed by atoms with Crippen molar-refractivity contribution in [1.29, 1.82) is 0 Å². The van der Waals surface area contributed by atoms with Crippen molar-refractivity contribution < 1.29 is 4.42 Å². The lowest BCUT2D eigenvalue weighted by atomic mass is 10.0. The smallest absolute Gasteiger partial charge is 0.105 e. The van der Waals surface area contributed by atoms with E-state index < -0.39 is 0 Å². The number of hydrogen-bond donors (Lipinski definition) is 0. The molecular weight excluding hydrogens is 186 g/mol. The highest BCUT2D eigenvalue weighted by Gasteiger charge is 2.19. The topological polar surface area (TPSA) is 16.4 Å². The van der Waals surface area contributed by atoms with Gasteiger partial charge in [0, 0.05) is 12.5 Å². The molecule has 0 spiro atoms. The molecule has 0 bridgehead atoms. The third-order valence-corrected chi connectivity index (χ3v) is 3.26. The molecule has 1 aliphatic heterocycles. The van der Waals surface area contributed by atoms with E-state index in [1.54, 1.807) is 6.26 Å². The Labute approximate surface area is 92.3 Å². The molecule has 1 aromatic rings. The fourth-order valence-corrected chi connectivity index (χ4v) is 2.36. The summed E-state index contributed by atoms with van der Waals surface area (Å²) in [6, 6.07) is 4.59. The highest BCUT2D eigenvalue weighted by molar-refractivity contribution is 5.01. The molecular formula is C13H20NO. The van der Waals surface area contributed by atoms with E-state index >= 15 is 0 Å². The maximum Gasteiger partial charge on any atom is 0.105 e. The van der Waals surface area contributed by atoms with E-state index in [4.69, 9.17) is 4.42 Å². The van der Waals surface area contributed by atoms with Crippen molar-refractivity contribution in [2.45, 2.75) is 38.1 Å². The summed E-state index contributed by atoms with van der Waals surface area (Å²) in [5.74, 6) is 1.09. The normalized spacial score (nSPS) is 20.3. The number of furan rings is 1. The molecule has 1 aliphatic rings. The third-order valence-electron chi connectivity index (χ3n) is 3.26. The Kier molecular flexibility index (Phi) is 3.84. The molecule has 0 N–H and O–H groups in total. The molecule has 1 aromatic heterocycles. The first kappa shape index (κ1) is 10.7. The number of nitrogens with zero attached hydrogens (tertiary/aromatic N) is 1. The van der Waals surface area contributed by atoms with Crippen LogP contribution in [0.25, 0.3) is 0 Å². The predicted octanol–water partition coefficient (Wildman–Crippen LogP) is 2.90. The second-order valence-corrected chi connectivity index (χ2v) is 4.32. The van der Waals surface area contributed by atoms with E-state index in [1.165, 1.54) is 32.4 Å². The lowest BCUT2D eigenvalue weighted by molar-refractivity contribution is 0.157. The summed E-state index contributed by atoms with van der Waals surface area (Å²) in [5, 5.41) is 0. The lowest BCUT2D eigenvalue weighted by Gasteiger charge is -2.33. The van der Waals surface area contributed by atoms with Gasteiger partial charge in [-0.1, -0.05) is 13.3 Å². The van der Waals surface area contributed by atoms with Gasteiger partial charge in [-0.15, -0.1) is 0 Å². The van der Waals surface area contributed by atoms with Crippen molar-refractivity contribution in [3.05, 3.63) is 31.1 Å². The molecule has 2 heteroatoms. The Morgan fingerprint density at radius 2 is 2.13 bits per heavy atom. The summed E-state index contributed by atoms with van der Waals surface area (Å²) in [6.07, 6.45) is 7.81. The number of piperidine rings is 1. The molecule has 1 saturated heterocycles. The van der Waals surface area contributed by atoms with Crippen LogP contribution in [0.3, 0.4) is 0 Å². The highest BCUT2D eigenvalue weighted by Crippen LogP contribution is 2.17. The quantitative estimate of drug-likeness (QED) is 0.753. The van der Waals surface area contributed by atoms with Gasteiger partial charge in [-0.2, -0.15) is 0 Å². The molecule has 1 radical (unpaired) electrons. The Bertz CT molecular complexity index is 262. The van der Waals surface area contributed by atoms with Gasteiger partial charge in [-0.05, 0) is 44.5 Å². The minimum atomic E-state index is 0.566. The Morgan fingerprint density at radius 3 is 2.73 bits per heavy atom. The highest BCUT2D eigenvalue weighted by atomic mass is 16.3. The summed E-state index contributed by atoms with van der Waals surface area (Å²) >= 11 is 0. The first-order valence-corrected chi connectivity index (χ1v) is 5.96. The van der Waals surface area contributed by atoms with Crippen LogP contribution in [0.15, 0.2) is 22.8 Å². The van der Waals surface area contributed by atoms with Gasteiger partial charge in [-0.25, -0.2) is 0 Å². The molecule has 1 atom stereocenters. The Hall–Kier alpha value is -0.760. The summed E-state index contributed by atoms with van der Waals surface area (Å²) in [5.41, 5.74) is 0. The zero-order valence-electron chi connectivity index (χ0n) is 9.32. The molecule has 1 unspecified atom stereocenters. The summed E-state index contributed by atoms with van der Waals surface area (Å²) in [4.78, 5) is 2.57. The van der Waals surface area contributed by atoms with Crippen LogP contribution in [-0.2, 0) is 6.42 Å². The minimum Gasteiger partial charge on any atom is -0.469 e. The largest absolute Gasteiger partial charge is 0.469 e. The van der Waals surface area contributed by atoms with Crippen LogP contribution < -0.4 is 0 Å². The van der Waals surface area contributed by atoms with E-state index in [2.05, 4.69) is 17.9 Å². The first-order valence-electron chi connectivity index (χ1n) is 5.96. The molecule has 2 heterocycles. The average Bonchev–Trinajstić information content (AvgIpc) is 2.80. The van der Waals surface area contributed by atoms with Crippen molar-refractivity contribution in [2.75, 3.05) is 13.1 Å². The molecule has 2 rings (SSSR count). The summed E-state index contributed by atoms with van der Waals surface area (Å²) in [7, 11) is 0.